The van der Waals surface area contributed by atoms with Crippen molar-refractivity contribution in [2.45, 2.75) is 31.1 Å². The molecule has 136 valence electrons. The third-order valence-corrected chi connectivity index (χ3v) is 7.12. The number of nitrogens with one attached hydrogen (secondary N) is 1. The van der Waals surface area contributed by atoms with Gasteiger partial charge in [0.2, 0.25) is 15.9 Å². The lowest BCUT2D eigenvalue weighted by molar-refractivity contribution is -0.143. The van der Waals surface area contributed by atoms with E-state index in [0.717, 1.165) is 6.42 Å². The first-order chi connectivity index (χ1) is 11.8. The van der Waals surface area contributed by atoms with Gasteiger partial charge in [-0.2, -0.15) is 4.31 Å². The number of anilines is 1. The van der Waals surface area contributed by atoms with Crippen molar-refractivity contribution in [1.29, 1.82) is 0 Å². The van der Waals surface area contributed by atoms with Crippen LogP contribution in [-0.2, 0) is 24.3 Å². The van der Waals surface area contributed by atoms with E-state index in [9.17, 15) is 18.0 Å². The van der Waals surface area contributed by atoms with Gasteiger partial charge in [0.1, 0.15) is 0 Å². The molecule has 1 aromatic carbocycles. The summed E-state index contributed by atoms with van der Waals surface area (Å²) in [5.74, 6) is -0.481. The van der Waals surface area contributed by atoms with E-state index in [4.69, 9.17) is 4.74 Å². The second kappa shape index (κ2) is 6.42. The van der Waals surface area contributed by atoms with Crippen LogP contribution in [0.1, 0.15) is 26.2 Å². The molecule has 1 saturated heterocycles. The average molecular weight is 366 g/mol. The van der Waals surface area contributed by atoms with Crippen LogP contribution in [0.2, 0.25) is 0 Å². The lowest BCUT2D eigenvalue weighted by atomic mass is 9.92. The van der Waals surface area contributed by atoms with E-state index in [2.05, 4.69) is 5.32 Å². The maximum absolute atomic E-state index is 12.8. The fraction of sp³-hybridized carbons (Fsp3) is 0.529. The van der Waals surface area contributed by atoms with Gasteiger partial charge in [0, 0.05) is 25.7 Å². The lowest BCUT2D eigenvalue weighted by Gasteiger charge is -2.31. The Morgan fingerprint density at radius 2 is 1.80 bits per heavy atom. The largest absolute Gasteiger partial charge is 0.469 e. The summed E-state index contributed by atoms with van der Waals surface area (Å²) in [6.45, 7) is 2.21. The van der Waals surface area contributed by atoms with Gasteiger partial charge in [-0.3, -0.25) is 9.59 Å². The molecule has 8 heteroatoms. The number of piperidine rings is 1. The first-order valence-corrected chi connectivity index (χ1v) is 9.68. The van der Waals surface area contributed by atoms with Gasteiger partial charge in [0.05, 0.1) is 17.9 Å². The summed E-state index contributed by atoms with van der Waals surface area (Å²) in [7, 11) is -2.18. The van der Waals surface area contributed by atoms with Gasteiger partial charge < -0.3 is 10.1 Å². The fourth-order valence-corrected chi connectivity index (χ4v) is 5.05. The number of nitrogens with zero attached hydrogens (tertiary/aromatic N) is 1. The standard InChI is InChI=1S/C17H22N2O5S/c1-12(20)18-13-3-5-14(6-4-13)25(22,23)19-9-7-17(8-10-19)11-15(17)16(21)24-2/h3-6,15H,7-11H2,1-2H3,(H,18,20). The van der Waals surface area contributed by atoms with Gasteiger partial charge in [-0.15, -0.1) is 0 Å². The van der Waals surface area contributed by atoms with Crippen LogP contribution in [0.25, 0.3) is 0 Å². The Bertz CT molecular complexity index is 780. The maximum Gasteiger partial charge on any atom is 0.309 e. The molecule has 1 atom stereocenters. The van der Waals surface area contributed by atoms with E-state index < -0.39 is 10.0 Å². The minimum absolute atomic E-state index is 0.0750. The topological polar surface area (TPSA) is 92.8 Å². The monoisotopic (exact) mass is 366 g/mol. The minimum Gasteiger partial charge on any atom is -0.469 e. The molecule has 1 aromatic rings. The van der Waals surface area contributed by atoms with E-state index >= 15 is 0 Å². The first kappa shape index (κ1) is 17.9. The number of hydrogen-bond acceptors (Lipinski definition) is 5. The summed E-state index contributed by atoms with van der Waals surface area (Å²) in [4.78, 5) is 22.9. The number of carbonyl (C=O) groups excluding carboxylic acids is 2. The summed E-state index contributed by atoms with van der Waals surface area (Å²) >= 11 is 0. The SMILES string of the molecule is COC(=O)C1CC12CCN(S(=O)(=O)c1ccc(NC(C)=O)cc1)CC2. The van der Waals surface area contributed by atoms with Gasteiger partial charge in [0.25, 0.3) is 0 Å². The molecular weight excluding hydrogens is 344 g/mol. The molecule has 0 aromatic heterocycles. The molecule has 1 aliphatic heterocycles. The summed E-state index contributed by atoms with van der Waals surface area (Å²) in [6.07, 6.45) is 2.14. The van der Waals surface area contributed by atoms with E-state index in [-0.39, 0.29) is 28.1 Å². The Morgan fingerprint density at radius 3 is 2.32 bits per heavy atom. The molecule has 0 radical (unpaired) electrons. The number of esters is 1. The molecule has 2 fully saturated rings. The van der Waals surface area contributed by atoms with Crippen LogP contribution >= 0.6 is 0 Å². The van der Waals surface area contributed by atoms with E-state index in [1.54, 1.807) is 12.1 Å². The second-order valence-corrected chi connectivity index (χ2v) is 8.69. The van der Waals surface area contributed by atoms with Crippen LogP contribution < -0.4 is 5.32 Å². The van der Waals surface area contributed by atoms with Crippen LogP contribution in [0, 0.1) is 11.3 Å². The van der Waals surface area contributed by atoms with E-state index in [1.165, 1.54) is 30.5 Å². The Kier molecular flexibility index (Phi) is 4.59. The Morgan fingerprint density at radius 1 is 1.20 bits per heavy atom. The van der Waals surface area contributed by atoms with Crippen molar-refractivity contribution in [2.24, 2.45) is 11.3 Å². The molecule has 1 N–H and O–H groups in total. The Balaban J connectivity index is 1.66. The predicted molar refractivity (Wildman–Crippen MR) is 91.3 cm³/mol. The Labute approximate surface area is 147 Å². The van der Waals surface area contributed by atoms with Crippen LogP contribution in [0.5, 0.6) is 0 Å². The fourth-order valence-electron chi connectivity index (χ4n) is 3.61. The number of benzene rings is 1. The van der Waals surface area contributed by atoms with Crippen molar-refractivity contribution in [2.75, 3.05) is 25.5 Å². The second-order valence-electron chi connectivity index (χ2n) is 6.75. The zero-order valence-corrected chi connectivity index (χ0v) is 15.1. The normalized spacial score (nSPS) is 22.4. The maximum atomic E-state index is 12.8. The predicted octanol–water partition coefficient (Wildman–Crippen LogP) is 1.61. The van der Waals surface area contributed by atoms with Crippen molar-refractivity contribution < 1.29 is 22.7 Å². The van der Waals surface area contributed by atoms with Crippen molar-refractivity contribution in [3.63, 3.8) is 0 Å². The zero-order valence-electron chi connectivity index (χ0n) is 14.3. The smallest absolute Gasteiger partial charge is 0.309 e. The van der Waals surface area contributed by atoms with Crippen LogP contribution in [-0.4, -0.2) is 44.8 Å². The van der Waals surface area contributed by atoms with Crippen molar-refractivity contribution >= 4 is 27.6 Å². The number of methoxy groups -OCH3 is 1. The average Bonchev–Trinajstić information content (AvgIpc) is 3.28. The van der Waals surface area contributed by atoms with Crippen molar-refractivity contribution in [1.82, 2.24) is 4.31 Å². The first-order valence-electron chi connectivity index (χ1n) is 8.24. The van der Waals surface area contributed by atoms with Gasteiger partial charge in [-0.05, 0) is 48.9 Å². The summed E-state index contributed by atoms with van der Waals surface area (Å²) in [5.41, 5.74) is 0.483. The molecule has 1 aliphatic carbocycles. The van der Waals surface area contributed by atoms with E-state index in [1.807, 2.05) is 0 Å². The van der Waals surface area contributed by atoms with Gasteiger partial charge in [-0.25, -0.2) is 8.42 Å². The summed E-state index contributed by atoms with van der Waals surface area (Å²) in [5, 5.41) is 2.61. The Hall–Kier alpha value is -1.93. The van der Waals surface area contributed by atoms with Crippen LogP contribution in [0.15, 0.2) is 29.2 Å². The number of rotatable bonds is 4. The quantitative estimate of drug-likeness (QED) is 0.817. The summed E-state index contributed by atoms with van der Waals surface area (Å²) < 4.78 is 31.8. The highest BCUT2D eigenvalue weighted by atomic mass is 32.2. The third-order valence-electron chi connectivity index (χ3n) is 5.21. The molecule has 0 bridgehead atoms. The molecule has 25 heavy (non-hydrogen) atoms. The van der Waals surface area contributed by atoms with Crippen LogP contribution in [0.4, 0.5) is 5.69 Å². The molecule has 7 nitrogen and oxygen atoms in total. The molecule has 1 unspecified atom stereocenters. The zero-order chi connectivity index (χ0) is 18.2. The highest BCUT2D eigenvalue weighted by Gasteiger charge is 2.59. The summed E-state index contributed by atoms with van der Waals surface area (Å²) in [6, 6.07) is 6.15. The number of hydrogen-bond donors (Lipinski definition) is 1. The number of ether oxygens (including phenoxy) is 1. The number of amides is 1. The molecular formula is C17H22N2O5S. The molecule has 3 rings (SSSR count). The van der Waals surface area contributed by atoms with Crippen molar-refractivity contribution in [3.8, 4) is 0 Å². The third kappa shape index (κ3) is 3.41. The molecule has 1 spiro atoms. The van der Waals surface area contributed by atoms with Gasteiger partial charge in [-0.1, -0.05) is 0 Å². The minimum atomic E-state index is -3.57. The van der Waals surface area contributed by atoms with Gasteiger partial charge >= 0.3 is 5.97 Å². The highest BCUT2D eigenvalue weighted by Crippen LogP contribution is 2.60. The van der Waals surface area contributed by atoms with E-state index in [0.29, 0.717) is 31.6 Å². The van der Waals surface area contributed by atoms with Gasteiger partial charge in [0.15, 0.2) is 0 Å². The molecule has 1 heterocycles. The molecule has 1 amide bonds. The van der Waals surface area contributed by atoms with Crippen LogP contribution in [0.3, 0.4) is 0 Å². The highest BCUT2D eigenvalue weighted by molar-refractivity contribution is 7.89. The lowest BCUT2D eigenvalue weighted by Crippen LogP contribution is -2.40. The number of carbonyl (C=O) groups is 2. The molecule has 2 aliphatic rings. The molecule has 1 saturated carbocycles. The van der Waals surface area contributed by atoms with Crippen molar-refractivity contribution in [3.05, 3.63) is 24.3 Å². The number of sulfonamides is 1.